The van der Waals surface area contributed by atoms with Crippen LogP contribution in [0.1, 0.15) is 5.56 Å². The van der Waals surface area contributed by atoms with E-state index in [-0.39, 0.29) is 12.2 Å². The molecular weight excluding hydrogens is 190 g/mol. The van der Waals surface area contributed by atoms with Crippen LogP contribution in [-0.4, -0.2) is 13.1 Å². The van der Waals surface area contributed by atoms with Gasteiger partial charge in [0.1, 0.15) is 18.2 Å². The third-order valence-electron chi connectivity index (χ3n) is 1.50. The highest BCUT2D eigenvalue weighted by molar-refractivity contribution is 5.50. The smallest absolute Gasteiger partial charge is 0.417 e. The molecule has 4 heteroatoms. The summed E-state index contributed by atoms with van der Waals surface area (Å²) in [5, 5.41) is 0. The molecule has 1 aromatic carbocycles. The van der Waals surface area contributed by atoms with Crippen LogP contribution in [0.5, 0.6) is 0 Å². The molecule has 0 aliphatic heterocycles. The summed E-state index contributed by atoms with van der Waals surface area (Å²) in [6.07, 6.45) is 2.83. The largest absolute Gasteiger partial charge is 0.453 e. The van der Waals surface area contributed by atoms with Gasteiger partial charge in [-0.05, 0) is 18.2 Å². The number of hydrogen-bond acceptors (Lipinski definition) is 2. The normalized spacial score (nSPS) is 10.4. The van der Waals surface area contributed by atoms with Gasteiger partial charge in [-0.3, -0.25) is 0 Å². The van der Waals surface area contributed by atoms with Crippen LogP contribution in [0.3, 0.4) is 0 Å². The first kappa shape index (κ1) is 10.4. The molecule has 0 unspecified atom stereocenters. The van der Waals surface area contributed by atoms with Crippen molar-refractivity contribution in [3.8, 4) is 0 Å². The van der Waals surface area contributed by atoms with Crippen molar-refractivity contribution in [2.75, 3.05) is 6.61 Å². The summed E-state index contributed by atoms with van der Waals surface area (Å²) in [6, 6.07) is 3.23. The minimum absolute atomic E-state index is 0.0142. The highest BCUT2D eigenvalue weighted by atomic mass is 19.1. The predicted molar refractivity (Wildman–Crippen MR) is 47.0 cm³/mol. The van der Waals surface area contributed by atoms with Crippen LogP contribution < -0.4 is 0 Å². The molecule has 1 radical (unpaired) electrons. The van der Waals surface area contributed by atoms with E-state index in [9.17, 15) is 13.6 Å². The lowest BCUT2D eigenvalue weighted by Gasteiger charge is -1.96. The molecule has 0 atom stereocenters. The maximum atomic E-state index is 13.0. The van der Waals surface area contributed by atoms with E-state index >= 15 is 0 Å². The second-order valence-electron chi connectivity index (χ2n) is 2.46. The molecule has 14 heavy (non-hydrogen) atoms. The summed E-state index contributed by atoms with van der Waals surface area (Å²) in [7, 11) is 0. The molecule has 0 aromatic heterocycles. The zero-order valence-electron chi connectivity index (χ0n) is 7.17. The molecular formula is C10H7F2O2. The van der Waals surface area contributed by atoms with E-state index in [2.05, 4.69) is 4.74 Å². The lowest BCUT2D eigenvalue weighted by molar-refractivity contribution is 0.314. The van der Waals surface area contributed by atoms with Crippen LogP contribution in [0.2, 0.25) is 0 Å². The van der Waals surface area contributed by atoms with Crippen molar-refractivity contribution in [1.29, 1.82) is 0 Å². The van der Waals surface area contributed by atoms with Crippen molar-refractivity contribution in [3.63, 3.8) is 0 Å². The third kappa shape index (κ3) is 2.97. The number of hydrogen-bond donors (Lipinski definition) is 0. The topological polar surface area (TPSA) is 26.3 Å². The van der Waals surface area contributed by atoms with Crippen molar-refractivity contribution in [2.45, 2.75) is 0 Å². The predicted octanol–water partition coefficient (Wildman–Crippen LogP) is 2.06. The van der Waals surface area contributed by atoms with Gasteiger partial charge >= 0.3 is 6.47 Å². The summed E-state index contributed by atoms with van der Waals surface area (Å²) in [4.78, 5) is 9.62. The fourth-order valence-electron chi connectivity index (χ4n) is 0.894. The van der Waals surface area contributed by atoms with Gasteiger partial charge in [0.2, 0.25) is 0 Å². The first-order chi connectivity index (χ1) is 6.74. The third-order valence-corrected chi connectivity index (χ3v) is 1.50. The van der Waals surface area contributed by atoms with Gasteiger partial charge in [-0.1, -0.05) is 6.08 Å². The number of halogens is 2. The molecule has 1 rings (SSSR count). The van der Waals surface area contributed by atoms with Gasteiger partial charge in [0.25, 0.3) is 0 Å². The van der Waals surface area contributed by atoms with Gasteiger partial charge in [0.15, 0.2) is 0 Å². The van der Waals surface area contributed by atoms with Crippen molar-refractivity contribution < 1.29 is 18.3 Å². The monoisotopic (exact) mass is 197 g/mol. The Morgan fingerprint density at radius 2 is 2.21 bits per heavy atom. The highest BCUT2D eigenvalue weighted by Crippen LogP contribution is 2.10. The second-order valence-corrected chi connectivity index (χ2v) is 2.46. The van der Waals surface area contributed by atoms with Crippen LogP contribution in [0.15, 0.2) is 24.3 Å². The Hall–Kier alpha value is -1.71. The van der Waals surface area contributed by atoms with Gasteiger partial charge < -0.3 is 4.74 Å². The van der Waals surface area contributed by atoms with Gasteiger partial charge in [-0.15, -0.1) is 0 Å². The molecule has 0 bridgehead atoms. The van der Waals surface area contributed by atoms with Crippen LogP contribution in [0, 0.1) is 11.6 Å². The Morgan fingerprint density at radius 1 is 1.43 bits per heavy atom. The summed E-state index contributed by atoms with van der Waals surface area (Å²) >= 11 is 0. The molecule has 0 N–H and O–H groups in total. The Labute approximate surface area is 79.8 Å². The first-order valence-corrected chi connectivity index (χ1v) is 3.84. The molecule has 0 heterocycles. The standard InChI is InChI=1S/C10H7F2O2/c11-9-4-3-8(10(12)6-9)2-1-5-14-7-13/h1-4,6H,5H2/b2-1+. The molecule has 0 spiro atoms. The average molecular weight is 197 g/mol. The van der Waals surface area contributed by atoms with Gasteiger partial charge in [0, 0.05) is 11.6 Å². The first-order valence-electron chi connectivity index (χ1n) is 3.84. The lowest BCUT2D eigenvalue weighted by atomic mass is 10.2. The van der Waals surface area contributed by atoms with E-state index in [1.54, 1.807) is 0 Å². The molecule has 73 valence electrons. The fraction of sp³-hybridized carbons (Fsp3) is 0.100. The van der Waals surface area contributed by atoms with E-state index in [1.165, 1.54) is 24.7 Å². The summed E-state index contributed by atoms with van der Waals surface area (Å²) in [5.41, 5.74) is 0.237. The maximum absolute atomic E-state index is 13.0. The molecule has 0 fully saturated rings. The van der Waals surface area contributed by atoms with Crippen LogP contribution in [0.25, 0.3) is 6.08 Å². The Morgan fingerprint density at radius 3 is 2.86 bits per heavy atom. The maximum Gasteiger partial charge on any atom is 0.417 e. The SMILES string of the molecule is O=[C]OC/C=C/c1ccc(F)cc1F. The molecule has 0 amide bonds. The molecule has 2 nitrogen and oxygen atoms in total. The summed E-state index contributed by atoms with van der Waals surface area (Å²) in [6.45, 7) is 1.24. The lowest BCUT2D eigenvalue weighted by Crippen LogP contribution is -1.87. The van der Waals surface area contributed by atoms with Gasteiger partial charge in [-0.2, -0.15) is 0 Å². The Bertz CT molecular complexity index is 348. The molecule has 0 aliphatic rings. The molecule has 0 aliphatic carbocycles. The molecule has 0 saturated heterocycles. The van der Waals surface area contributed by atoms with Gasteiger partial charge in [-0.25, -0.2) is 13.6 Å². The van der Waals surface area contributed by atoms with Gasteiger partial charge in [0.05, 0.1) is 0 Å². The van der Waals surface area contributed by atoms with Crippen molar-refractivity contribution in [3.05, 3.63) is 41.5 Å². The summed E-state index contributed by atoms with van der Waals surface area (Å²) < 4.78 is 29.6. The number of rotatable bonds is 4. The van der Waals surface area contributed by atoms with Crippen LogP contribution in [-0.2, 0) is 9.53 Å². The fourth-order valence-corrected chi connectivity index (χ4v) is 0.894. The summed E-state index contributed by atoms with van der Waals surface area (Å²) in [5.74, 6) is -1.28. The van der Waals surface area contributed by atoms with Crippen LogP contribution in [0.4, 0.5) is 8.78 Å². The minimum atomic E-state index is -0.656. The van der Waals surface area contributed by atoms with E-state index < -0.39 is 11.6 Å². The molecule has 0 saturated carbocycles. The zero-order chi connectivity index (χ0) is 10.4. The van der Waals surface area contributed by atoms with E-state index in [4.69, 9.17) is 0 Å². The Kier molecular flexibility index (Phi) is 3.79. The molecule has 1 aromatic rings. The quantitative estimate of drug-likeness (QED) is 0.690. The van der Waals surface area contributed by atoms with Crippen molar-refractivity contribution >= 4 is 12.5 Å². The number of ether oxygens (including phenoxy) is 1. The van der Waals surface area contributed by atoms with Crippen LogP contribution >= 0.6 is 0 Å². The Balaban J connectivity index is 2.67. The number of carbonyl (C=O) groups excluding carboxylic acids is 1. The van der Waals surface area contributed by atoms with E-state index in [1.807, 2.05) is 0 Å². The van der Waals surface area contributed by atoms with E-state index in [0.717, 1.165) is 12.1 Å². The average Bonchev–Trinajstić information content (AvgIpc) is 2.15. The minimum Gasteiger partial charge on any atom is -0.453 e. The second kappa shape index (κ2) is 5.11. The number of benzene rings is 1. The highest BCUT2D eigenvalue weighted by Gasteiger charge is 1.99. The van der Waals surface area contributed by atoms with Crippen molar-refractivity contribution in [2.24, 2.45) is 0 Å². The van der Waals surface area contributed by atoms with E-state index in [0.29, 0.717) is 0 Å². The zero-order valence-corrected chi connectivity index (χ0v) is 7.17. The van der Waals surface area contributed by atoms with Crippen molar-refractivity contribution in [1.82, 2.24) is 0 Å².